The van der Waals surface area contributed by atoms with Gasteiger partial charge < -0.3 is 10.2 Å². The highest BCUT2D eigenvalue weighted by Crippen LogP contribution is 2.21. The molecule has 21 heavy (non-hydrogen) atoms. The minimum atomic E-state index is -0.928. The van der Waals surface area contributed by atoms with E-state index in [4.69, 9.17) is 0 Å². The molecule has 1 atom stereocenters. The molecule has 1 heterocycles. The minimum Gasteiger partial charge on any atom is -0.321 e. The van der Waals surface area contributed by atoms with E-state index in [9.17, 15) is 13.6 Å². The van der Waals surface area contributed by atoms with Gasteiger partial charge in [0.2, 0.25) is 0 Å². The zero-order valence-electron chi connectivity index (χ0n) is 11.7. The molecular formula is C15H15F2N3O. The Morgan fingerprint density at radius 1 is 1.19 bits per heavy atom. The first-order valence-electron chi connectivity index (χ1n) is 6.38. The molecule has 1 N–H and O–H groups in total. The normalized spacial score (nSPS) is 11.8. The molecule has 0 saturated heterocycles. The predicted octanol–water partition coefficient (Wildman–Crippen LogP) is 3.58. The van der Waals surface area contributed by atoms with Crippen LogP contribution in [-0.2, 0) is 0 Å². The molecule has 0 bridgehead atoms. The van der Waals surface area contributed by atoms with Crippen LogP contribution in [0, 0.1) is 11.6 Å². The van der Waals surface area contributed by atoms with Gasteiger partial charge in [0.15, 0.2) is 11.6 Å². The Balaban J connectivity index is 2.09. The van der Waals surface area contributed by atoms with Gasteiger partial charge in [-0.25, -0.2) is 13.6 Å². The number of aromatic nitrogens is 1. The quantitative estimate of drug-likeness (QED) is 0.939. The van der Waals surface area contributed by atoms with Crippen LogP contribution < -0.4 is 5.32 Å². The molecule has 0 unspecified atom stereocenters. The third kappa shape index (κ3) is 3.53. The van der Waals surface area contributed by atoms with Crippen molar-refractivity contribution in [3.05, 3.63) is 59.9 Å². The van der Waals surface area contributed by atoms with Gasteiger partial charge in [-0.3, -0.25) is 4.98 Å². The van der Waals surface area contributed by atoms with Crippen LogP contribution in [0.2, 0.25) is 0 Å². The van der Waals surface area contributed by atoms with E-state index in [1.807, 2.05) is 0 Å². The van der Waals surface area contributed by atoms with E-state index in [0.29, 0.717) is 11.3 Å². The monoisotopic (exact) mass is 291 g/mol. The fraction of sp³-hybridized carbons (Fsp3) is 0.200. The molecule has 1 aromatic carbocycles. The molecule has 2 amide bonds. The molecule has 0 aliphatic carbocycles. The number of hydrogen-bond acceptors (Lipinski definition) is 2. The largest absolute Gasteiger partial charge is 0.322 e. The zero-order chi connectivity index (χ0) is 15.4. The number of carbonyl (C=O) groups is 1. The summed E-state index contributed by atoms with van der Waals surface area (Å²) in [6, 6.07) is 6.17. The predicted molar refractivity (Wildman–Crippen MR) is 75.8 cm³/mol. The van der Waals surface area contributed by atoms with Crippen LogP contribution in [0.5, 0.6) is 0 Å². The van der Waals surface area contributed by atoms with Crippen LogP contribution >= 0.6 is 0 Å². The van der Waals surface area contributed by atoms with Crippen LogP contribution in [0.4, 0.5) is 19.3 Å². The summed E-state index contributed by atoms with van der Waals surface area (Å²) in [6.45, 7) is 1.73. The molecule has 0 radical (unpaired) electrons. The highest BCUT2D eigenvalue weighted by Gasteiger charge is 2.18. The topological polar surface area (TPSA) is 45.2 Å². The molecule has 0 aliphatic heterocycles. The summed E-state index contributed by atoms with van der Waals surface area (Å²) >= 11 is 0. The first-order chi connectivity index (χ1) is 9.99. The SMILES string of the molecule is C[C@@H](c1ccc(F)c(F)c1)N(C)C(=O)Nc1ccncc1. The smallest absolute Gasteiger partial charge is 0.321 e. The van der Waals surface area contributed by atoms with Gasteiger partial charge in [-0.1, -0.05) is 6.07 Å². The summed E-state index contributed by atoms with van der Waals surface area (Å²) in [4.78, 5) is 17.4. The summed E-state index contributed by atoms with van der Waals surface area (Å²) in [5.74, 6) is -1.84. The summed E-state index contributed by atoms with van der Waals surface area (Å²) in [5, 5.41) is 2.70. The molecule has 0 saturated carbocycles. The standard InChI is InChI=1S/C15H15F2N3O/c1-10(11-3-4-13(16)14(17)9-11)20(2)15(21)19-12-5-7-18-8-6-12/h3-10H,1-2H3,(H,18,19,21)/t10-/m0/s1. The molecule has 0 spiro atoms. The second-order valence-electron chi connectivity index (χ2n) is 4.63. The van der Waals surface area contributed by atoms with Gasteiger partial charge in [0.05, 0.1) is 6.04 Å². The molecule has 1 aromatic heterocycles. The highest BCUT2D eigenvalue weighted by atomic mass is 19.2. The summed E-state index contributed by atoms with van der Waals surface area (Å²) < 4.78 is 26.2. The Labute approximate surface area is 121 Å². The number of urea groups is 1. The maximum absolute atomic E-state index is 13.2. The molecule has 2 rings (SSSR count). The van der Waals surface area contributed by atoms with E-state index in [-0.39, 0.29) is 6.03 Å². The number of halogens is 2. The van der Waals surface area contributed by atoms with Crippen molar-refractivity contribution < 1.29 is 13.6 Å². The number of nitrogens with one attached hydrogen (secondary N) is 1. The minimum absolute atomic E-state index is 0.349. The second-order valence-corrected chi connectivity index (χ2v) is 4.63. The first kappa shape index (κ1) is 14.9. The van der Waals surface area contributed by atoms with Crippen LogP contribution in [-0.4, -0.2) is 23.0 Å². The van der Waals surface area contributed by atoms with Gasteiger partial charge in [-0.2, -0.15) is 0 Å². The van der Waals surface area contributed by atoms with E-state index in [0.717, 1.165) is 12.1 Å². The molecule has 6 heteroatoms. The number of carbonyl (C=O) groups excluding carboxylic acids is 1. The highest BCUT2D eigenvalue weighted by molar-refractivity contribution is 5.89. The van der Waals surface area contributed by atoms with Crippen molar-refractivity contribution in [2.24, 2.45) is 0 Å². The number of rotatable bonds is 3. The lowest BCUT2D eigenvalue weighted by Gasteiger charge is -2.25. The number of anilines is 1. The Bertz CT molecular complexity index is 634. The third-order valence-electron chi connectivity index (χ3n) is 3.26. The van der Waals surface area contributed by atoms with E-state index >= 15 is 0 Å². The lowest BCUT2D eigenvalue weighted by molar-refractivity contribution is 0.208. The number of pyridine rings is 1. The maximum Gasteiger partial charge on any atom is 0.322 e. The van der Waals surface area contributed by atoms with Gasteiger partial charge in [0.25, 0.3) is 0 Å². The van der Waals surface area contributed by atoms with Gasteiger partial charge in [0.1, 0.15) is 0 Å². The van der Waals surface area contributed by atoms with Crippen LogP contribution in [0.15, 0.2) is 42.7 Å². The van der Waals surface area contributed by atoms with E-state index < -0.39 is 17.7 Å². The van der Waals surface area contributed by atoms with E-state index in [1.54, 1.807) is 38.5 Å². The average Bonchev–Trinajstić information content (AvgIpc) is 2.49. The van der Waals surface area contributed by atoms with Crippen molar-refractivity contribution in [2.75, 3.05) is 12.4 Å². The molecule has 4 nitrogen and oxygen atoms in total. The van der Waals surface area contributed by atoms with Crippen LogP contribution in [0.3, 0.4) is 0 Å². The summed E-state index contributed by atoms with van der Waals surface area (Å²) in [7, 11) is 1.59. The maximum atomic E-state index is 13.2. The summed E-state index contributed by atoms with van der Waals surface area (Å²) in [6.07, 6.45) is 3.13. The molecule has 110 valence electrons. The number of amides is 2. The first-order valence-corrected chi connectivity index (χ1v) is 6.38. The van der Waals surface area contributed by atoms with Gasteiger partial charge in [0, 0.05) is 25.1 Å². The van der Waals surface area contributed by atoms with Crippen molar-refractivity contribution in [1.82, 2.24) is 9.88 Å². The molecule has 0 aliphatic rings. The lowest BCUT2D eigenvalue weighted by Crippen LogP contribution is -2.33. The van der Waals surface area contributed by atoms with E-state index in [2.05, 4.69) is 10.3 Å². The molecule has 2 aromatic rings. The van der Waals surface area contributed by atoms with Crippen molar-refractivity contribution in [3.8, 4) is 0 Å². The van der Waals surface area contributed by atoms with Crippen LogP contribution in [0.25, 0.3) is 0 Å². The average molecular weight is 291 g/mol. The van der Waals surface area contributed by atoms with E-state index in [1.165, 1.54) is 11.0 Å². The fourth-order valence-corrected chi connectivity index (χ4v) is 1.82. The van der Waals surface area contributed by atoms with Crippen LogP contribution in [0.1, 0.15) is 18.5 Å². The number of benzene rings is 1. The second kappa shape index (κ2) is 6.30. The Morgan fingerprint density at radius 3 is 2.48 bits per heavy atom. The van der Waals surface area contributed by atoms with Gasteiger partial charge in [-0.15, -0.1) is 0 Å². The van der Waals surface area contributed by atoms with Gasteiger partial charge >= 0.3 is 6.03 Å². The lowest BCUT2D eigenvalue weighted by atomic mass is 10.1. The summed E-state index contributed by atoms with van der Waals surface area (Å²) in [5.41, 5.74) is 1.13. The number of nitrogens with zero attached hydrogens (tertiary/aromatic N) is 2. The number of hydrogen-bond donors (Lipinski definition) is 1. The molecular weight excluding hydrogens is 276 g/mol. The Morgan fingerprint density at radius 2 is 1.86 bits per heavy atom. The zero-order valence-corrected chi connectivity index (χ0v) is 11.7. The Hall–Kier alpha value is -2.50. The Kier molecular flexibility index (Phi) is 4.47. The van der Waals surface area contributed by atoms with Crippen molar-refractivity contribution in [2.45, 2.75) is 13.0 Å². The van der Waals surface area contributed by atoms with Crippen molar-refractivity contribution in [3.63, 3.8) is 0 Å². The third-order valence-corrected chi connectivity index (χ3v) is 3.26. The van der Waals surface area contributed by atoms with Crippen molar-refractivity contribution >= 4 is 11.7 Å². The molecule has 0 fully saturated rings. The van der Waals surface area contributed by atoms with Gasteiger partial charge in [-0.05, 0) is 36.8 Å². The fourth-order valence-electron chi connectivity index (χ4n) is 1.82. The van der Waals surface area contributed by atoms with Crippen molar-refractivity contribution in [1.29, 1.82) is 0 Å².